The largest absolute Gasteiger partial charge is 0.299 e. The summed E-state index contributed by atoms with van der Waals surface area (Å²) in [6.45, 7) is 3.70. The summed E-state index contributed by atoms with van der Waals surface area (Å²) in [6, 6.07) is 8.22. The van der Waals surface area contributed by atoms with Crippen molar-refractivity contribution in [3.05, 3.63) is 35.4 Å². The van der Waals surface area contributed by atoms with Crippen LogP contribution in [0, 0.1) is 6.92 Å². The highest BCUT2D eigenvalue weighted by atomic mass is 16.1. The van der Waals surface area contributed by atoms with E-state index in [0.717, 1.165) is 13.0 Å². The zero-order valence-electron chi connectivity index (χ0n) is 9.36. The fourth-order valence-electron chi connectivity index (χ4n) is 2.27. The highest BCUT2D eigenvalue weighted by molar-refractivity contribution is 5.88. The number of aryl methyl sites for hydroxylation is 1. The van der Waals surface area contributed by atoms with Crippen LogP contribution < -0.4 is 0 Å². The minimum atomic E-state index is 0.127. The molecule has 1 atom stereocenters. The first-order valence-electron chi connectivity index (χ1n) is 5.45. The lowest BCUT2D eigenvalue weighted by Gasteiger charge is -2.28. The van der Waals surface area contributed by atoms with E-state index in [4.69, 9.17) is 0 Å². The van der Waals surface area contributed by atoms with E-state index < -0.39 is 0 Å². The van der Waals surface area contributed by atoms with Crippen LogP contribution in [0.25, 0.3) is 0 Å². The molecule has 0 saturated carbocycles. The predicted octanol–water partition coefficient (Wildman–Crippen LogP) is 1.98. The lowest BCUT2D eigenvalue weighted by molar-refractivity contribution is -0.123. The zero-order valence-corrected chi connectivity index (χ0v) is 9.36. The van der Waals surface area contributed by atoms with Gasteiger partial charge in [0.1, 0.15) is 0 Å². The topological polar surface area (TPSA) is 20.3 Å². The smallest absolute Gasteiger partial charge is 0.154 e. The molecule has 0 amide bonds. The second kappa shape index (κ2) is 4.15. The summed E-state index contributed by atoms with van der Waals surface area (Å²) in [5.74, 6) is 0.487. The van der Waals surface area contributed by atoms with Crippen molar-refractivity contribution in [2.45, 2.75) is 19.3 Å². The van der Waals surface area contributed by atoms with Crippen LogP contribution in [-0.4, -0.2) is 30.8 Å². The second-order valence-corrected chi connectivity index (χ2v) is 4.40. The standard InChI is InChI=1S/C13H17NO/c1-10-5-3-4-6-11(10)12-7-8-14(2)9-13(12)15/h3-6,12H,7-9H2,1-2H3. The summed E-state index contributed by atoms with van der Waals surface area (Å²) in [5, 5.41) is 0. The number of likely N-dealkylation sites (N-methyl/N-ethyl adjacent to an activating group) is 1. The second-order valence-electron chi connectivity index (χ2n) is 4.40. The van der Waals surface area contributed by atoms with Crippen molar-refractivity contribution >= 4 is 5.78 Å². The number of piperidine rings is 1. The van der Waals surface area contributed by atoms with Crippen LogP contribution in [0.1, 0.15) is 23.5 Å². The van der Waals surface area contributed by atoms with Crippen molar-refractivity contribution in [1.29, 1.82) is 0 Å². The molecular formula is C13H17NO. The Bertz CT molecular complexity index is 373. The minimum absolute atomic E-state index is 0.127. The number of carbonyl (C=O) groups is 1. The van der Waals surface area contributed by atoms with Gasteiger partial charge in [0, 0.05) is 5.92 Å². The summed E-state index contributed by atoms with van der Waals surface area (Å²) >= 11 is 0. The van der Waals surface area contributed by atoms with E-state index in [1.54, 1.807) is 0 Å². The molecule has 1 aliphatic rings. The molecule has 15 heavy (non-hydrogen) atoms. The van der Waals surface area contributed by atoms with Gasteiger partial charge in [0.25, 0.3) is 0 Å². The molecule has 1 saturated heterocycles. The van der Waals surface area contributed by atoms with Crippen LogP contribution in [-0.2, 0) is 4.79 Å². The molecule has 1 fully saturated rings. The number of carbonyl (C=O) groups excluding carboxylic acids is 1. The van der Waals surface area contributed by atoms with Gasteiger partial charge in [-0.2, -0.15) is 0 Å². The summed E-state index contributed by atoms with van der Waals surface area (Å²) < 4.78 is 0. The van der Waals surface area contributed by atoms with Crippen molar-refractivity contribution in [2.75, 3.05) is 20.1 Å². The fraction of sp³-hybridized carbons (Fsp3) is 0.462. The summed E-state index contributed by atoms with van der Waals surface area (Å²) in [4.78, 5) is 14.0. The highest BCUT2D eigenvalue weighted by Crippen LogP contribution is 2.27. The number of nitrogens with zero attached hydrogens (tertiary/aromatic N) is 1. The number of likely N-dealkylation sites (tertiary alicyclic amines) is 1. The quantitative estimate of drug-likeness (QED) is 0.695. The number of ketones is 1. The minimum Gasteiger partial charge on any atom is -0.299 e. The Morgan fingerprint density at radius 3 is 2.73 bits per heavy atom. The SMILES string of the molecule is Cc1ccccc1C1CCN(C)CC1=O. The van der Waals surface area contributed by atoms with Crippen molar-refractivity contribution in [1.82, 2.24) is 4.90 Å². The Labute approximate surface area is 90.9 Å². The first kappa shape index (κ1) is 10.4. The van der Waals surface area contributed by atoms with E-state index in [1.165, 1.54) is 11.1 Å². The van der Waals surface area contributed by atoms with Gasteiger partial charge in [-0.3, -0.25) is 9.69 Å². The third-order valence-electron chi connectivity index (χ3n) is 3.18. The number of benzene rings is 1. The number of hydrogen-bond acceptors (Lipinski definition) is 2. The van der Waals surface area contributed by atoms with Gasteiger partial charge in [0.05, 0.1) is 6.54 Å². The van der Waals surface area contributed by atoms with Gasteiger partial charge in [0.2, 0.25) is 0 Å². The lowest BCUT2D eigenvalue weighted by atomic mass is 9.86. The van der Waals surface area contributed by atoms with E-state index in [9.17, 15) is 4.79 Å². The molecule has 1 aromatic carbocycles. The van der Waals surface area contributed by atoms with Crippen molar-refractivity contribution in [2.24, 2.45) is 0 Å². The van der Waals surface area contributed by atoms with Crippen LogP contribution in [0.15, 0.2) is 24.3 Å². The first-order valence-corrected chi connectivity index (χ1v) is 5.45. The van der Waals surface area contributed by atoms with E-state index in [2.05, 4.69) is 24.0 Å². The first-order chi connectivity index (χ1) is 7.18. The molecule has 1 aliphatic heterocycles. The van der Waals surface area contributed by atoms with Gasteiger partial charge in [0.15, 0.2) is 5.78 Å². The molecule has 0 N–H and O–H groups in total. The molecule has 1 heterocycles. The van der Waals surface area contributed by atoms with Gasteiger partial charge >= 0.3 is 0 Å². The molecule has 0 spiro atoms. The molecule has 1 unspecified atom stereocenters. The fourth-order valence-corrected chi connectivity index (χ4v) is 2.27. The number of rotatable bonds is 1. The predicted molar refractivity (Wildman–Crippen MR) is 61.0 cm³/mol. The Balaban J connectivity index is 2.24. The zero-order chi connectivity index (χ0) is 10.8. The highest BCUT2D eigenvalue weighted by Gasteiger charge is 2.27. The van der Waals surface area contributed by atoms with E-state index in [0.29, 0.717) is 12.3 Å². The molecular weight excluding hydrogens is 186 g/mol. The Morgan fingerprint density at radius 1 is 1.33 bits per heavy atom. The summed E-state index contributed by atoms with van der Waals surface area (Å²) in [5.41, 5.74) is 2.45. The molecule has 0 aromatic heterocycles. The third-order valence-corrected chi connectivity index (χ3v) is 3.18. The van der Waals surface area contributed by atoms with Crippen LogP contribution in [0.3, 0.4) is 0 Å². The average Bonchev–Trinajstić information content (AvgIpc) is 2.20. The van der Waals surface area contributed by atoms with Crippen molar-refractivity contribution in [3.8, 4) is 0 Å². The van der Waals surface area contributed by atoms with Crippen LogP contribution in [0.5, 0.6) is 0 Å². The Kier molecular flexibility index (Phi) is 2.87. The summed E-state index contributed by atoms with van der Waals surface area (Å²) in [7, 11) is 2.01. The van der Waals surface area contributed by atoms with Crippen LogP contribution in [0.2, 0.25) is 0 Å². The van der Waals surface area contributed by atoms with E-state index in [1.807, 2.05) is 19.2 Å². The van der Waals surface area contributed by atoms with Crippen LogP contribution >= 0.6 is 0 Å². The normalized spacial score (nSPS) is 23.1. The average molecular weight is 203 g/mol. The van der Waals surface area contributed by atoms with Crippen molar-refractivity contribution in [3.63, 3.8) is 0 Å². The van der Waals surface area contributed by atoms with Gasteiger partial charge in [-0.05, 0) is 38.1 Å². The number of hydrogen-bond donors (Lipinski definition) is 0. The van der Waals surface area contributed by atoms with Gasteiger partial charge in [-0.1, -0.05) is 24.3 Å². The van der Waals surface area contributed by atoms with Gasteiger partial charge in [-0.15, -0.1) is 0 Å². The molecule has 0 radical (unpaired) electrons. The van der Waals surface area contributed by atoms with Gasteiger partial charge < -0.3 is 0 Å². The van der Waals surface area contributed by atoms with Crippen LogP contribution in [0.4, 0.5) is 0 Å². The maximum Gasteiger partial charge on any atom is 0.154 e. The maximum absolute atomic E-state index is 11.9. The molecule has 80 valence electrons. The molecule has 1 aromatic rings. The maximum atomic E-state index is 11.9. The Morgan fingerprint density at radius 2 is 2.07 bits per heavy atom. The Hall–Kier alpha value is -1.15. The molecule has 0 bridgehead atoms. The summed E-state index contributed by atoms with van der Waals surface area (Å²) in [6.07, 6.45) is 0.959. The monoisotopic (exact) mass is 203 g/mol. The van der Waals surface area contributed by atoms with E-state index in [-0.39, 0.29) is 5.92 Å². The van der Waals surface area contributed by atoms with E-state index >= 15 is 0 Å². The molecule has 2 heteroatoms. The molecule has 2 rings (SSSR count). The number of Topliss-reactive ketones (excluding diaryl/α,β-unsaturated/α-hetero) is 1. The third kappa shape index (κ3) is 2.10. The van der Waals surface area contributed by atoms with Crippen molar-refractivity contribution < 1.29 is 4.79 Å². The molecule has 0 aliphatic carbocycles. The van der Waals surface area contributed by atoms with Gasteiger partial charge in [-0.25, -0.2) is 0 Å². The molecule has 2 nitrogen and oxygen atoms in total. The lowest BCUT2D eigenvalue weighted by Crippen LogP contribution is -2.37.